The number of anilines is 1. The fraction of sp³-hybridized carbons (Fsp3) is 0.364. The zero-order valence-electron chi connectivity index (χ0n) is 10.1. The van der Waals surface area contributed by atoms with Crippen molar-refractivity contribution in [3.63, 3.8) is 0 Å². The van der Waals surface area contributed by atoms with Crippen molar-refractivity contribution in [2.24, 2.45) is 0 Å². The number of halogens is 1. The van der Waals surface area contributed by atoms with E-state index in [1.165, 1.54) is 19.2 Å². The van der Waals surface area contributed by atoms with E-state index in [4.69, 9.17) is 15.4 Å². The maximum atomic E-state index is 11.4. The van der Waals surface area contributed by atoms with Crippen LogP contribution in [0.15, 0.2) is 23.1 Å². The average Bonchev–Trinajstić information content (AvgIpc) is 2.28. The van der Waals surface area contributed by atoms with Gasteiger partial charge in [-0.3, -0.25) is 4.79 Å². The number of hydrogen-bond acceptors (Lipinski definition) is 4. The maximum Gasteiger partial charge on any atom is 0.265 e. The Bertz CT molecular complexity index is 542. The molecule has 0 aliphatic rings. The van der Waals surface area contributed by atoms with Gasteiger partial charge in [0.15, 0.2) is 0 Å². The van der Waals surface area contributed by atoms with Crippen LogP contribution in [0.2, 0.25) is 0 Å². The van der Waals surface area contributed by atoms with Gasteiger partial charge in [0.25, 0.3) is 9.05 Å². The lowest BCUT2D eigenvalue weighted by Gasteiger charge is -2.09. The second-order valence-corrected chi connectivity index (χ2v) is 6.14. The second-order valence-electron chi connectivity index (χ2n) is 3.60. The van der Waals surface area contributed by atoms with Gasteiger partial charge in [0.2, 0.25) is 5.91 Å². The monoisotopic (exact) mass is 291 g/mol. The third kappa shape index (κ3) is 3.89. The summed E-state index contributed by atoms with van der Waals surface area (Å²) in [6.45, 7) is 1.88. The lowest BCUT2D eigenvalue weighted by Crippen LogP contribution is -2.11. The van der Waals surface area contributed by atoms with Crippen molar-refractivity contribution in [3.05, 3.63) is 18.2 Å². The molecule has 0 fully saturated rings. The Morgan fingerprint density at radius 3 is 2.61 bits per heavy atom. The van der Waals surface area contributed by atoms with Gasteiger partial charge in [-0.25, -0.2) is 8.42 Å². The van der Waals surface area contributed by atoms with Crippen LogP contribution < -0.4 is 10.1 Å². The first kappa shape index (κ1) is 14.8. The normalized spacial score (nSPS) is 11.1. The van der Waals surface area contributed by atoms with E-state index in [2.05, 4.69) is 5.32 Å². The molecule has 0 spiro atoms. The Kier molecular flexibility index (Phi) is 4.98. The van der Waals surface area contributed by atoms with Crippen molar-refractivity contribution in [1.82, 2.24) is 0 Å². The molecule has 0 saturated heterocycles. The molecule has 0 heterocycles. The number of rotatable bonds is 5. The minimum atomic E-state index is -3.92. The number of carbonyl (C=O) groups is 1. The summed E-state index contributed by atoms with van der Waals surface area (Å²) in [6, 6.07) is 4.27. The molecule has 7 heteroatoms. The molecule has 0 atom stereocenters. The largest absolute Gasteiger partial charge is 0.495 e. The minimum Gasteiger partial charge on any atom is -0.495 e. The number of hydrogen-bond donors (Lipinski definition) is 1. The summed E-state index contributed by atoms with van der Waals surface area (Å²) in [4.78, 5) is 11.2. The highest BCUT2D eigenvalue weighted by atomic mass is 35.7. The standard InChI is InChI=1S/C11H14ClNO4S/c1-3-4-11(14)13-8-5-6-9(17-2)10(7-8)18(12,15)16/h5-7H,3-4H2,1-2H3,(H,13,14). The smallest absolute Gasteiger partial charge is 0.265 e. The van der Waals surface area contributed by atoms with E-state index >= 15 is 0 Å². The van der Waals surface area contributed by atoms with E-state index in [9.17, 15) is 13.2 Å². The van der Waals surface area contributed by atoms with Gasteiger partial charge >= 0.3 is 0 Å². The molecule has 100 valence electrons. The van der Waals surface area contributed by atoms with E-state index in [0.717, 1.165) is 0 Å². The topological polar surface area (TPSA) is 72.5 Å². The van der Waals surface area contributed by atoms with Gasteiger partial charge in [0.1, 0.15) is 10.6 Å². The van der Waals surface area contributed by atoms with Crippen LogP contribution in [0.4, 0.5) is 5.69 Å². The van der Waals surface area contributed by atoms with Crippen LogP contribution in [-0.2, 0) is 13.8 Å². The molecule has 5 nitrogen and oxygen atoms in total. The highest BCUT2D eigenvalue weighted by Gasteiger charge is 2.17. The fourth-order valence-electron chi connectivity index (χ4n) is 1.40. The van der Waals surface area contributed by atoms with Gasteiger partial charge in [-0.15, -0.1) is 0 Å². The van der Waals surface area contributed by atoms with Crippen molar-refractivity contribution in [3.8, 4) is 5.75 Å². The van der Waals surface area contributed by atoms with Crippen molar-refractivity contribution >= 4 is 31.3 Å². The summed E-state index contributed by atoms with van der Waals surface area (Å²) >= 11 is 0. The Morgan fingerprint density at radius 1 is 1.44 bits per heavy atom. The molecule has 18 heavy (non-hydrogen) atoms. The Labute approximate surface area is 111 Å². The van der Waals surface area contributed by atoms with Crippen molar-refractivity contribution in [1.29, 1.82) is 0 Å². The summed E-state index contributed by atoms with van der Waals surface area (Å²) in [7, 11) is 2.71. The van der Waals surface area contributed by atoms with Crippen LogP contribution in [0, 0.1) is 0 Å². The summed E-state index contributed by atoms with van der Waals surface area (Å²) in [5, 5.41) is 2.59. The van der Waals surface area contributed by atoms with Gasteiger partial charge in [-0.1, -0.05) is 6.92 Å². The third-order valence-corrected chi connectivity index (χ3v) is 3.53. The van der Waals surface area contributed by atoms with Gasteiger partial charge < -0.3 is 10.1 Å². The minimum absolute atomic E-state index is 0.137. The second kappa shape index (κ2) is 6.06. The van der Waals surface area contributed by atoms with E-state index < -0.39 is 9.05 Å². The van der Waals surface area contributed by atoms with Crippen LogP contribution >= 0.6 is 10.7 Å². The summed E-state index contributed by atoms with van der Waals surface area (Å²) in [5.41, 5.74) is 0.369. The molecule has 0 unspecified atom stereocenters. The van der Waals surface area contributed by atoms with Gasteiger partial charge in [0, 0.05) is 22.8 Å². The zero-order chi connectivity index (χ0) is 13.8. The highest BCUT2D eigenvalue weighted by Crippen LogP contribution is 2.29. The third-order valence-electron chi connectivity index (χ3n) is 2.19. The fourth-order valence-corrected chi connectivity index (χ4v) is 2.42. The number of carbonyl (C=O) groups excluding carboxylic acids is 1. The summed E-state index contributed by atoms with van der Waals surface area (Å²) < 4.78 is 27.6. The van der Waals surface area contributed by atoms with Crippen LogP contribution in [0.5, 0.6) is 5.75 Å². The molecule has 0 saturated carbocycles. The Morgan fingerprint density at radius 2 is 2.11 bits per heavy atom. The van der Waals surface area contributed by atoms with Crippen molar-refractivity contribution in [2.75, 3.05) is 12.4 Å². The first-order chi connectivity index (χ1) is 8.38. The SMILES string of the molecule is CCCC(=O)Nc1ccc(OC)c(S(=O)(=O)Cl)c1. The van der Waals surface area contributed by atoms with Crippen molar-refractivity contribution < 1.29 is 17.9 Å². The van der Waals surface area contributed by atoms with E-state index in [0.29, 0.717) is 18.5 Å². The maximum absolute atomic E-state index is 11.4. The average molecular weight is 292 g/mol. The quantitative estimate of drug-likeness (QED) is 0.845. The molecule has 1 N–H and O–H groups in total. The molecule has 0 aliphatic heterocycles. The first-order valence-electron chi connectivity index (χ1n) is 5.31. The number of nitrogens with one attached hydrogen (secondary N) is 1. The number of ether oxygens (including phenoxy) is 1. The van der Waals surface area contributed by atoms with E-state index in [1.54, 1.807) is 6.07 Å². The van der Waals surface area contributed by atoms with Gasteiger partial charge in [0.05, 0.1) is 7.11 Å². The molecule has 1 amide bonds. The summed E-state index contributed by atoms with van der Waals surface area (Å²) in [6.07, 6.45) is 1.08. The highest BCUT2D eigenvalue weighted by molar-refractivity contribution is 8.13. The molecular formula is C11H14ClNO4S. The van der Waals surface area contributed by atoms with Crippen LogP contribution in [0.25, 0.3) is 0 Å². The summed E-state index contributed by atoms with van der Waals surface area (Å²) in [5.74, 6) is -0.0425. The number of methoxy groups -OCH3 is 1. The molecule has 1 rings (SSSR count). The molecule has 0 aliphatic carbocycles. The first-order valence-corrected chi connectivity index (χ1v) is 7.62. The van der Waals surface area contributed by atoms with E-state index in [1.807, 2.05) is 6.92 Å². The Balaban J connectivity index is 3.08. The predicted octanol–water partition coefficient (Wildman–Crippen LogP) is 2.36. The van der Waals surface area contributed by atoms with Crippen molar-refractivity contribution in [2.45, 2.75) is 24.7 Å². The van der Waals surface area contributed by atoms with Crippen LogP contribution in [0.3, 0.4) is 0 Å². The van der Waals surface area contributed by atoms with E-state index in [-0.39, 0.29) is 16.6 Å². The molecule has 0 aromatic heterocycles. The molecule has 1 aromatic rings. The molecule has 0 bridgehead atoms. The number of benzene rings is 1. The lowest BCUT2D eigenvalue weighted by atomic mass is 10.2. The molecule has 1 aromatic carbocycles. The molecular weight excluding hydrogens is 278 g/mol. The van der Waals surface area contributed by atoms with Crippen LogP contribution in [0.1, 0.15) is 19.8 Å². The van der Waals surface area contributed by atoms with Gasteiger partial charge in [-0.2, -0.15) is 0 Å². The lowest BCUT2D eigenvalue weighted by molar-refractivity contribution is -0.116. The Hall–Kier alpha value is -1.27. The van der Waals surface area contributed by atoms with Gasteiger partial charge in [-0.05, 0) is 24.6 Å². The predicted molar refractivity (Wildman–Crippen MR) is 69.6 cm³/mol. The zero-order valence-corrected chi connectivity index (χ0v) is 11.6. The number of amides is 1. The molecule has 0 radical (unpaired) electrons. The van der Waals surface area contributed by atoms with Crippen LogP contribution in [-0.4, -0.2) is 21.4 Å².